The van der Waals surface area contributed by atoms with Crippen LogP contribution in [0.15, 0.2) is 18.2 Å². The number of phenolic OH excluding ortho intramolecular Hbond substituents is 1. The number of ether oxygens (including phenoxy) is 1. The summed E-state index contributed by atoms with van der Waals surface area (Å²) in [6.45, 7) is 6.65. The van der Waals surface area contributed by atoms with Crippen LogP contribution in [0.25, 0.3) is 0 Å². The maximum Gasteiger partial charge on any atom is 0.159 e. The fourth-order valence-corrected chi connectivity index (χ4v) is 2.21. The molecule has 1 aromatic carbocycles. The number of phenols is 1. The normalized spacial score (nSPS) is 20.9. The molecule has 2 rings (SSSR count). The molecule has 0 amide bonds. The monoisotopic (exact) mass is 249 g/mol. The van der Waals surface area contributed by atoms with Gasteiger partial charge in [-0.1, -0.05) is 0 Å². The van der Waals surface area contributed by atoms with Crippen LogP contribution < -0.4 is 0 Å². The van der Waals surface area contributed by atoms with Crippen LogP contribution in [0.3, 0.4) is 0 Å². The number of hydrogen-bond donors (Lipinski definition) is 1. The van der Waals surface area contributed by atoms with Gasteiger partial charge in [0, 0.05) is 30.8 Å². The second-order valence-electron chi connectivity index (χ2n) is 4.82. The maximum atomic E-state index is 11.3. The number of hydrogen-bond acceptors (Lipinski definition) is 4. The summed E-state index contributed by atoms with van der Waals surface area (Å²) in [6.07, 6.45) is 0.219. The molecule has 0 saturated carbocycles. The fourth-order valence-electron chi connectivity index (χ4n) is 2.21. The van der Waals surface area contributed by atoms with Crippen LogP contribution >= 0.6 is 0 Å². The van der Waals surface area contributed by atoms with Crippen molar-refractivity contribution in [3.05, 3.63) is 29.3 Å². The summed E-state index contributed by atoms with van der Waals surface area (Å²) in [5.74, 6) is 0.269. The Morgan fingerprint density at radius 3 is 3.00 bits per heavy atom. The lowest BCUT2D eigenvalue weighted by atomic mass is 10.1. The molecule has 4 nitrogen and oxygen atoms in total. The first-order valence-electron chi connectivity index (χ1n) is 6.23. The molecule has 1 unspecified atom stereocenters. The average Bonchev–Trinajstić information content (AvgIpc) is 2.31. The maximum absolute atomic E-state index is 11.3. The third-order valence-corrected chi connectivity index (χ3v) is 3.21. The largest absolute Gasteiger partial charge is 0.508 e. The average molecular weight is 249 g/mol. The van der Waals surface area contributed by atoms with E-state index in [2.05, 4.69) is 4.90 Å². The van der Waals surface area contributed by atoms with E-state index in [1.54, 1.807) is 18.2 Å². The molecule has 1 fully saturated rings. The molecule has 1 saturated heterocycles. The van der Waals surface area contributed by atoms with Gasteiger partial charge in [-0.2, -0.15) is 0 Å². The van der Waals surface area contributed by atoms with Gasteiger partial charge in [-0.3, -0.25) is 9.69 Å². The van der Waals surface area contributed by atoms with Crippen LogP contribution in [-0.2, 0) is 11.3 Å². The molecule has 18 heavy (non-hydrogen) atoms. The van der Waals surface area contributed by atoms with Crippen molar-refractivity contribution in [1.82, 2.24) is 4.90 Å². The third-order valence-electron chi connectivity index (χ3n) is 3.21. The van der Waals surface area contributed by atoms with Crippen molar-refractivity contribution in [2.45, 2.75) is 26.5 Å². The molecule has 1 aliphatic rings. The van der Waals surface area contributed by atoms with E-state index in [1.165, 1.54) is 6.92 Å². The van der Waals surface area contributed by atoms with E-state index >= 15 is 0 Å². The predicted octanol–water partition coefficient (Wildman–Crippen LogP) is 1.82. The van der Waals surface area contributed by atoms with Crippen LogP contribution in [0, 0.1) is 0 Å². The van der Waals surface area contributed by atoms with Gasteiger partial charge in [0.1, 0.15) is 5.75 Å². The third kappa shape index (κ3) is 3.09. The molecule has 1 N–H and O–H groups in total. The van der Waals surface area contributed by atoms with Gasteiger partial charge in [-0.05, 0) is 32.0 Å². The highest BCUT2D eigenvalue weighted by Gasteiger charge is 2.18. The van der Waals surface area contributed by atoms with E-state index in [-0.39, 0.29) is 17.6 Å². The van der Waals surface area contributed by atoms with Crippen molar-refractivity contribution >= 4 is 5.78 Å². The minimum Gasteiger partial charge on any atom is -0.508 e. The standard InChI is InChI=1S/C14H19NO3/c1-10-8-15(5-6-18-10)9-13-7-12(11(2)16)3-4-14(13)17/h3-4,7,10,17H,5-6,8-9H2,1-2H3. The topological polar surface area (TPSA) is 49.8 Å². The van der Waals surface area contributed by atoms with Crippen LogP contribution in [0.1, 0.15) is 29.8 Å². The van der Waals surface area contributed by atoms with Crippen LogP contribution in [0.4, 0.5) is 0 Å². The summed E-state index contributed by atoms with van der Waals surface area (Å²) in [4.78, 5) is 13.6. The van der Waals surface area contributed by atoms with E-state index in [9.17, 15) is 9.90 Å². The molecular formula is C14H19NO3. The van der Waals surface area contributed by atoms with Gasteiger partial charge in [0.25, 0.3) is 0 Å². The van der Waals surface area contributed by atoms with Crippen LogP contribution in [-0.4, -0.2) is 41.6 Å². The zero-order valence-corrected chi connectivity index (χ0v) is 10.8. The Morgan fingerprint density at radius 1 is 1.56 bits per heavy atom. The zero-order valence-electron chi connectivity index (χ0n) is 10.8. The highest BCUT2D eigenvalue weighted by molar-refractivity contribution is 5.94. The molecule has 0 spiro atoms. The molecule has 1 aromatic rings. The molecule has 1 heterocycles. The second-order valence-corrected chi connectivity index (χ2v) is 4.82. The number of benzene rings is 1. The van der Waals surface area contributed by atoms with Crippen molar-refractivity contribution in [3.8, 4) is 5.75 Å². The molecule has 98 valence electrons. The lowest BCUT2D eigenvalue weighted by molar-refractivity contribution is -0.0214. The fraction of sp³-hybridized carbons (Fsp3) is 0.500. The number of ketones is 1. The summed E-state index contributed by atoms with van der Waals surface area (Å²) in [6, 6.07) is 5.02. The molecule has 0 radical (unpaired) electrons. The molecule has 4 heteroatoms. The quantitative estimate of drug-likeness (QED) is 0.830. The van der Waals surface area contributed by atoms with Crippen molar-refractivity contribution in [2.24, 2.45) is 0 Å². The van der Waals surface area contributed by atoms with E-state index < -0.39 is 0 Å². The molecule has 0 bridgehead atoms. The van der Waals surface area contributed by atoms with E-state index in [4.69, 9.17) is 4.74 Å². The van der Waals surface area contributed by atoms with E-state index in [0.29, 0.717) is 18.7 Å². The predicted molar refractivity (Wildman–Crippen MR) is 68.8 cm³/mol. The minimum atomic E-state index is 0.0200. The van der Waals surface area contributed by atoms with Gasteiger partial charge in [0.15, 0.2) is 5.78 Å². The Kier molecular flexibility index (Phi) is 3.99. The number of morpholine rings is 1. The SMILES string of the molecule is CC(=O)c1ccc(O)c(CN2CCOC(C)C2)c1. The molecule has 0 aliphatic carbocycles. The Morgan fingerprint density at radius 2 is 2.33 bits per heavy atom. The Labute approximate surface area is 107 Å². The number of nitrogens with zero attached hydrogens (tertiary/aromatic N) is 1. The molecular weight excluding hydrogens is 230 g/mol. The van der Waals surface area contributed by atoms with Crippen molar-refractivity contribution in [3.63, 3.8) is 0 Å². The lowest BCUT2D eigenvalue weighted by Gasteiger charge is -2.31. The first-order valence-corrected chi connectivity index (χ1v) is 6.23. The minimum absolute atomic E-state index is 0.0200. The smallest absolute Gasteiger partial charge is 0.159 e. The summed E-state index contributed by atoms with van der Waals surface area (Å²) in [5, 5.41) is 9.84. The van der Waals surface area contributed by atoms with Crippen LogP contribution in [0.5, 0.6) is 5.75 Å². The zero-order chi connectivity index (χ0) is 13.1. The van der Waals surface area contributed by atoms with Gasteiger partial charge >= 0.3 is 0 Å². The number of aromatic hydroxyl groups is 1. The highest BCUT2D eigenvalue weighted by atomic mass is 16.5. The van der Waals surface area contributed by atoms with Gasteiger partial charge in [0.2, 0.25) is 0 Å². The van der Waals surface area contributed by atoms with E-state index in [1.807, 2.05) is 6.92 Å². The molecule has 0 aromatic heterocycles. The summed E-state index contributed by atoms with van der Waals surface area (Å²) in [5.41, 5.74) is 1.45. The molecule has 1 atom stereocenters. The van der Waals surface area contributed by atoms with Gasteiger partial charge in [0.05, 0.1) is 12.7 Å². The van der Waals surface area contributed by atoms with Crippen molar-refractivity contribution in [1.29, 1.82) is 0 Å². The Bertz CT molecular complexity index is 445. The lowest BCUT2D eigenvalue weighted by Crippen LogP contribution is -2.40. The summed E-state index contributed by atoms with van der Waals surface area (Å²) < 4.78 is 5.48. The summed E-state index contributed by atoms with van der Waals surface area (Å²) in [7, 11) is 0. The molecule has 1 aliphatic heterocycles. The summed E-state index contributed by atoms with van der Waals surface area (Å²) >= 11 is 0. The number of carbonyl (C=O) groups excluding carboxylic acids is 1. The Hall–Kier alpha value is -1.39. The van der Waals surface area contributed by atoms with Crippen LogP contribution in [0.2, 0.25) is 0 Å². The highest BCUT2D eigenvalue weighted by Crippen LogP contribution is 2.21. The first-order chi connectivity index (χ1) is 8.56. The number of rotatable bonds is 3. The van der Waals surface area contributed by atoms with Gasteiger partial charge < -0.3 is 9.84 Å². The van der Waals surface area contributed by atoms with Crippen molar-refractivity contribution < 1.29 is 14.6 Å². The van der Waals surface area contributed by atoms with Crippen molar-refractivity contribution in [2.75, 3.05) is 19.7 Å². The second kappa shape index (κ2) is 5.50. The van der Waals surface area contributed by atoms with Gasteiger partial charge in [-0.25, -0.2) is 0 Å². The van der Waals surface area contributed by atoms with Gasteiger partial charge in [-0.15, -0.1) is 0 Å². The number of carbonyl (C=O) groups is 1. The Balaban J connectivity index is 2.12. The number of Topliss-reactive ketones (excluding diaryl/α,β-unsaturated/α-hetero) is 1. The van der Waals surface area contributed by atoms with E-state index in [0.717, 1.165) is 18.7 Å². The first kappa shape index (κ1) is 13.1.